The second-order valence-electron chi connectivity index (χ2n) is 9.12. The van der Waals surface area contributed by atoms with E-state index in [1.165, 1.54) is 0 Å². The summed E-state index contributed by atoms with van der Waals surface area (Å²) in [6.45, 7) is 7.56. The van der Waals surface area contributed by atoms with Gasteiger partial charge in [-0.1, -0.05) is 103 Å². The van der Waals surface area contributed by atoms with Gasteiger partial charge >= 0.3 is 0 Å². The molecule has 5 nitrogen and oxygen atoms in total. The summed E-state index contributed by atoms with van der Waals surface area (Å²) in [6.07, 6.45) is 30.0. The minimum Gasteiger partial charge on any atom is -0.355 e. The van der Waals surface area contributed by atoms with Gasteiger partial charge in [0.25, 0.3) is 0 Å². The van der Waals surface area contributed by atoms with E-state index in [-0.39, 0.29) is 11.8 Å². The number of carbonyl (C=O) groups excluding carboxylic acids is 2. The second-order valence-corrected chi connectivity index (χ2v) is 11.8. The minimum atomic E-state index is -0.422. The van der Waals surface area contributed by atoms with E-state index in [0.717, 1.165) is 56.5 Å². The molecule has 0 aliphatic rings. The van der Waals surface area contributed by atoms with E-state index in [1.807, 2.05) is 0 Å². The number of carbonyl (C=O) groups is 2. The van der Waals surface area contributed by atoms with E-state index < -0.39 is 6.04 Å². The first-order chi connectivity index (χ1) is 18.0. The van der Waals surface area contributed by atoms with Crippen LogP contribution in [0.25, 0.3) is 0 Å². The topological polar surface area (TPSA) is 84.2 Å². The predicted molar refractivity (Wildman–Crippen MR) is 167 cm³/mol. The van der Waals surface area contributed by atoms with Gasteiger partial charge in [-0.25, -0.2) is 0 Å². The summed E-state index contributed by atoms with van der Waals surface area (Å²) in [5, 5.41) is 5.85. The van der Waals surface area contributed by atoms with Crippen LogP contribution >= 0.6 is 21.6 Å². The normalized spacial score (nSPS) is 13.2. The summed E-state index contributed by atoms with van der Waals surface area (Å²) < 4.78 is 0. The van der Waals surface area contributed by atoms with Crippen molar-refractivity contribution in [1.82, 2.24) is 10.6 Å². The number of hydrogen-bond acceptors (Lipinski definition) is 5. The zero-order chi connectivity index (χ0) is 27.4. The van der Waals surface area contributed by atoms with Gasteiger partial charge in [-0.15, -0.1) is 0 Å². The van der Waals surface area contributed by atoms with E-state index in [1.54, 1.807) is 21.6 Å². The number of hydrogen-bond donors (Lipinski definition) is 3. The van der Waals surface area contributed by atoms with Crippen molar-refractivity contribution in [2.45, 2.75) is 84.6 Å². The molecule has 7 heteroatoms. The van der Waals surface area contributed by atoms with Gasteiger partial charge in [0.15, 0.2) is 0 Å². The molecule has 1 atom stereocenters. The third-order valence-electron chi connectivity index (χ3n) is 5.07. The summed E-state index contributed by atoms with van der Waals surface area (Å²) in [4.78, 5) is 23.8. The highest BCUT2D eigenvalue weighted by Crippen LogP contribution is 2.19. The van der Waals surface area contributed by atoms with Gasteiger partial charge in [-0.2, -0.15) is 0 Å². The molecule has 0 rings (SSSR count). The molecule has 0 saturated carbocycles. The Morgan fingerprint density at radius 1 is 0.757 bits per heavy atom. The quantitative estimate of drug-likeness (QED) is 0.0734. The maximum atomic E-state index is 11.9. The first-order valence-corrected chi connectivity index (χ1v) is 16.3. The van der Waals surface area contributed by atoms with Gasteiger partial charge in [0.2, 0.25) is 11.8 Å². The van der Waals surface area contributed by atoms with Gasteiger partial charge in [0.1, 0.15) is 0 Å². The van der Waals surface area contributed by atoms with Crippen molar-refractivity contribution in [2.24, 2.45) is 11.7 Å². The van der Waals surface area contributed by atoms with Crippen molar-refractivity contribution in [3.8, 4) is 0 Å². The van der Waals surface area contributed by atoms with E-state index in [2.05, 4.69) is 92.2 Å². The molecular formula is C30H51N3O2S2. The number of rotatable bonds is 23. The average Bonchev–Trinajstić information content (AvgIpc) is 2.86. The molecule has 0 heterocycles. The monoisotopic (exact) mass is 549 g/mol. The summed E-state index contributed by atoms with van der Waals surface area (Å²) >= 11 is 0. The van der Waals surface area contributed by atoms with Crippen LogP contribution < -0.4 is 16.4 Å². The van der Waals surface area contributed by atoms with Crippen LogP contribution in [0.2, 0.25) is 0 Å². The molecule has 0 saturated heterocycles. The Labute approximate surface area is 234 Å². The van der Waals surface area contributed by atoms with Crippen molar-refractivity contribution in [1.29, 1.82) is 0 Å². The fourth-order valence-corrected chi connectivity index (χ4v) is 4.96. The van der Waals surface area contributed by atoms with Crippen LogP contribution in [0.1, 0.15) is 78.6 Å². The van der Waals surface area contributed by atoms with Crippen LogP contribution in [-0.2, 0) is 9.59 Å². The van der Waals surface area contributed by atoms with Crippen LogP contribution in [0, 0.1) is 5.92 Å². The molecule has 0 aliphatic heterocycles. The number of unbranched alkanes of at least 4 members (excludes halogenated alkanes) is 1. The molecule has 4 N–H and O–H groups in total. The minimum absolute atomic E-state index is 0.0730. The molecule has 0 fully saturated rings. The van der Waals surface area contributed by atoms with Gasteiger partial charge in [0.05, 0.1) is 6.04 Å². The lowest BCUT2D eigenvalue weighted by Crippen LogP contribution is -2.42. The largest absolute Gasteiger partial charge is 0.355 e. The molecule has 0 aliphatic carbocycles. The zero-order valence-corrected chi connectivity index (χ0v) is 25.0. The van der Waals surface area contributed by atoms with E-state index in [0.29, 0.717) is 31.8 Å². The van der Waals surface area contributed by atoms with Gasteiger partial charge in [-0.3, -0.25) is 9.59 Å². The van der Waals surface area contributed by atoms with Crippen molar-refractivity contribution >= 4 is 33.4 Å². The fourth-order valence-electron chi connectivity index (χ4n) is 3.15. The molecule has 0 spiro atoms. The molecule has 0 bridgehead atoms. The summed E-state index contributed by atoms with van der Waals surface area (Å²) in [5.74, 6) is 2.14. The Bertz CT molecular complexity index is 716. The molecule has 210 valence electrons. The maximum absolute atomic E-state index is 11.9. The van der Waals surface area contributed by atoms with Gasteiger partial charge in [-0.05, 0) is 57.3 Å². The molecular weight excluding hydrogens is 498 g/mol. The summed E-state index contributed by atoms with van der Waals surface area (Å²) in [6, 6.07) is -0.422. The van der Waals surface area contributed by atoms with Crippen LogP contribution in [0.5, 0.6) is 0 Å². The first-order valence-electron chi connectivity index (χ1n) is 13.8. The third-order valence-corrected chi connectivity index (χ3v) is 7.48. The van der Waals surface area contributed by atoms with E-state index in [9.17, 15) is 9.59 Å². The number of allylic oxidation sites excluding steroid dienone is 10. The lowest BCUT2D eigenvalue weighted by Gasteiger charge is -2.13. The van der Waals surface area contributed by atoms with E-state index in [4.69, 9.17) is 5.73 Å². The Morgan fingerprint density at radius 3 is 1.76 bits per heavy atom. The predicted octanol–water partition coefficient (Wildman–Crippen LogP) is 6.90. The van der Waals surface area contributed by atoms with Gasteiger partial charge in [0, 0.05) is 31.0 Å². The molecule has 0 aromatic carbocycles. The number of nitrogens with one attached hydrogen (secondary N) is 2. The third kappa shape index (κ3) is 27.2. The Morgan fingerprint density at radius 2 is 1.24 bits per heavy atom. The van der Waals surface area contributed by atoms with Gasteiger partial charge < -0.3 is 16.4 Å². The standard InChI is InChI=1S/C30H51N3O2S2/c1-4-5-6-7-8-9-10-11-12-13-14-15-16-17-18-19-20-21-29(34)32-22-24-36-37-25-23-33-30(35)28(31)26-27(2)3/h5-6,8-9,11-12,14-15,17-18,27-28H,4,7,10,13,16,19-26,31H2,1-3H3,(H,32,34)(H,33,35). The van der Waals surface area contributed by atoms with Crippen LogP contribution in [-0.4, -0.2) is 42.5 Å². The highest BCUT2D eigenvalue weighted by molar-refractivity contribution is 8.76. The summed E-state index contributed by atoms with van der Waals surface area (Å²) in [7, 11) is 3.41. The molecule has 2 amide bonds. The van der Waals surface area contributed by atoms with Crippen molar-refractivity contribution in [3.63, 3.8) is 0 Å². The summed E-state index contributed by atoms with van der Waals surface area (Å²) in [5.41, 5.74) is 5.86. The molecule has 37 heavy (non-hydrogen) atoms. The Balaban J connectivity index is 3.53. The molecule has 0 aromatic heterocycles. The lowest BCUT2D eigenvalue weighted by atomic mass is 10.0. The van der Waals surface area contributed by atoms with E-state index >= 15 is 0 Å². The highest BCUT2D eigenvalue weighted by Gasteiger charge is 2.13. The smallest absolute Gasteiger partial charge is 0.236 e. The first kappa shape index (κ1) is 35.3. The zero-order valence-electron chi connectivity index (χ0n) is 23.3. The second kappa shape index (κ2) is 27.3. The van der Waals surface area contributed by atoms with Crippen LogP contribution in [0.3, 0.4) is 0 Å². The Hall–Kier alpha value is -1.70. The van der Waals surface area contributed by atoms with Crippen molar-refractivity contribution in [3.05, 3.63) is 60.8 Å². The number of amides is 2. The van der Waals surface area contributed by atoms with Crippen molar-refractivity contribution < 1.29 is 9.59 Å². The maximum Gasteiger partial charge on any atom is 0.236 e. The molecule has 0 aromatic rings. The van der Waals surface area contributed by atoms with Crippen LogP contribution in [0.15, 0.2) is 60.8 Å². The average molecular weight is 550 g/mol. The molecule has 1 unspecified atom stereocenters. The number of nitrogens with two attached hydrogens (primary N) is 1. The van der Waals surface area contributed by atoms with Crippen LogP contribution in [0.4, 0.5) is 0 Å². The fraction of sp³-hybridized carbons (Fsp3) is 0.600. The SMILES string of the molecule is CCC=CCC=CCC=CCC=CCC=CCCCC(=O)NCCSSCCNC(=O)C(N)CC(C)C. The van der Waals surface area contributed by atoms with Crippen molar-refractivity contribution in [2.75, 3.05) is 24.6 Å². The Kier molecular flexibility index (Phi) is 26.1. The molecule has 0 radical (unpaired) electrons. The highest BCUT2D eigenvalue weighted by atomic mass is 33.1. The lowest BCUT2D eigenvalue weighted by molar-refractivity contribution is -0.122.